The molecule has 1 unspecified atom stereocenters. The molecule has 4 bridgehead atoms. The summed E-state index contributed by atoms with van der Waals surface area (Å²) in [6.45, 7) is 1.38. The Morgan fingerprint density at radius 1 is 0.894 bits per heavy atom. The molecule has 47 heavy (non-hydrogen) atoms. The maximum absolute atomic E-state index is 13.8. The van der Waals surface area contributed by atoms with Gasteiger partial charge in [-0.15, -0.1) is 0 Å². The summed E-state index contributed by atoms with van der Waals surface area (Å²) in [4.78, 5) is 42.8. The van der Waals surface area contributed by atoms with Gasteiger partial charge in [-0.25, -0.2) is 19.7 Å². The minimum absolute atomic E-state index is 0.00765. The van der Waals surface area contributed by atoms with Crippen molar-refractivity contribution in [3.05, 3.63) is 71.9 Å². The molecule has 1 saturated heterocycles. The zero-order chi connectivity index (χ0) is 31.7. The van der Waals surface area contributed by atoms with Crippen LogP contribution in [-0.4, -0.2) is 54.8 Å². The first-order valence-electron chi connectivity index (χ1n) is 17.5. The van der Waals surface area contributed by atoms with Crippen LogP contribution in [0.15, 0.2) is 55.0 Å². The number of rotatable bonds is 6. The number of carbonyl (C=O) groups is 2. The van der Waals surface area contributed by atoms with E-state index in [-0.39, 0.29) is 23.4 Å². The Labute approximate surface area is 274 Å². The Balaban J connectivity index is 0.941. The molecule has 3 aromatic heterocycles. The maximum Gasteiger partial charge on any atom is 0.317 e. The van der Waals surface area contributed by atoms with Crippen LogP contribution in [0.25, 0.3) is 16.8 Å². The fraction of sp³-hybridized carbons (Fsp3) is 0.486. The van der Waals surface area contributed by atoms with Crippen LogP contribution in [0.1, 0.15) is 97.8 Å². The molecule has 242 valence electrons. The molecule has 4 N–H and O–H groups in total. The molecule has 1 aromatic carbocycles. The molecule has 5 saturated carbocycles. The average Bonchev–Trinajstić information content (AvgIpc) is 3.84. The fourth-order valence-electron chi connectivity index (χ4n) is 9.67. The number of imidazole rings is 1. The van der Waals surface area contributed by atoms with Crippen molar-refractivity contribution in [1.29, 1.82) is 0 Å². The van der Waals surface area contributed by atoms with Crippen LogP contribution in [0.3, 0.4) is 0 Å². The average molecular weight is 631 g/mol. The van der Waals surface area contributed by atoms with Crippen LogP contribution >= 0.6 is 0 Å². The lowest BCUT2D eigenvalue weighted by Crippen LogP contribution is -2.62. The number of anilines is 2. The van der Waals surface area contributed by atoms with Gasteiger partial charge in [-0.2, -0.15) is 0 Å². The fourth-order valence-corrected chi connectivity index (χ4v) is 9.67. The van der Waals surface area contributed by atoms with Gasteiger partial charge in [0, 0.05) is 54.3 Å². The first kappa shape index (κ1) is 28.7. The van der Waals surface area contributed by atoms with E-state index in [0.29, 0.717) is 29.7 Å². The van der Waals surface area contributed by atoms with E-state index in [1.807, 2.05) is 51.9 Å². The Hall–Kier alpha value is -4.47. The molecule has 3 amide bonds. The van der Waals surface area contributed by atoms with E-state index >= 15 is 0 Å². The number of likely N-dealkylation sites (tertiary alicyclic amines) is 1. The molecule has 0 spiro atoms. The molecule has 4 heterocycles. The second-order valence-electron chi connectivity index (χ2n) is 15.0. The third kappa shape index (κ3) is 5.31. The van der Waals surface area contributed by atoms with Gasteiger partial charge in [0.1, 0.15) is 28.7 Å². The van der Waals surface area contributed by atoms with Gasteiger partial charge >= 0.3 is 6.03 Å². The molecule has 1 atom stereocenters. The summed E-state index contributed by atoms with van der Waals surface area (Å²) in [6, 6.07) is 11.5. The minimum atomic E-state index is -0.206. The zero-order valence-corrected chi connectivity index (χ0v) is 26.7. The second kappa shape index (κ2) is 11.1. The van der Waals surface area contributed by atoms with Crippen LogP contribution in [0.5, 0.6) is 0 Å². The second-order valence-corrected chi connectivity index (χ2v) is 15.0. The summed E-state index contributed by atoms with van der Waals surface area (Å²) in [5.41, 5.74) is 10.5. The number of benzene rings is 1. The van der Waals surface area contributed by atoms with E-state index in [2.05, 4.69) is 20.6 Å². The molecular weight excluding hydrogens is 588 g/mol. The first-order chi connectivity index (χ1) is 22.9. The SMILES string of the molecule is Nc1nccn2c(C3CCCN(C(=O)NC45CC6CC(CC(C6)C4)C5)C3)nc(-c3ccc(C(=O)Nc4cc(C5CC5)ccn4)cc3)c12. The lowest BCUT2D eigenvalue weighted by atomic mass is 9.53. The van der Waals surface area contributed by atoms with Crippen LogP contribution in [-0.2, 0) is 0 Å². The van der Waals surface area contributed by atoms with Gasteiger partial charge in [-0.1, -0.05) is 12.1 Å². The third-order valence-corrected chi connectivity index (χ3v) is 11.6. The lowest BCUT2D eigenvalue weighted by Gasteiger charge is -2.57. The van der Waals surface area contributed by atoms with E-state index in [0.717, 1.165) is 79.0 Å². The molecule has 10 heteroatoms. The summed E-state index contributed by atoms with van der Waals surface area (Å²) in [5, 5.41) is 6.52. The van der Waals surface area contributed by atoms with Crippen LogP contribution in [0.4, 0.5) is 16.4 Å². The largest absolute Gasteiger partial charge is 0.382 e. The Bertz CT molecular complexity index is 1830. The number of hydrogen-bond donors (Lipinski definition) is 3. The molecule has 5 aliphatic carbocycles. The highest BCUT2D eigenvalue weighted by Gasteiger charge is 2.52. The monoisotopic (exact) mass is 630 g/mol. The molecule has 6 fully saturated rings. The number of piperidine rings is 1. The molecule has 0 radical (unpaired) electrons. The number of pyridine rings is 1. The van der Waals surface area contributed by atoms with E-state index in [4.69, 9.17) is 10.7 Å². The number of urea groups is 1. The summed E-state index contributed by atoms with van der Waals surface area (Å²) < 4.78 is 2.04. The Morgan fingerprint density at radius 2 is 1.64 bits per heavy atom. The number of fused-ring (bicyclic) bond motifs is 1. The van der Waals surface area contributed by atoms with Gasteiger partial charge in [0.05, 0.1) is 0 Å². The third-order valence-electron chi connectivity index (χ3n) is 11.6. The van der Waals surface area contributed by atoms with Crippen molar-refractivity contribution in [3.63, 3.8) is 0 Å². The summed E-state index contributed by atoms with van der Waals surface area (Å²) in [6.07, 6.45) is 17.1. The molecule has 1 aliphatic heterocycles. The number of aromatic nitrogens is 4. The summed E-state index contributed by atoms with van der Waals surface area (Å²) >= 11 is 0. The van der Waals surface area contributed by atoms with Crippen LogP contribution < -0.4 is 16.4 Å². The molecule has 10 nitrogen and oxygen atoms in total. The van der Waals surface area contributed by atoms with Gasteiger partial charge in [0.15, 0.2) is 0 Å². The molecular formula is C37H42N8O2. The highest BCUT2D eigenvalue weighted by atomic mass is 16.2. The molecule has 4 aromatic rings. The number of nitrogen functional groups attached to an aromatic ring is 1. The standard InChI is InChI=1S/C37H42N8O2/c38-33-32-31(26-5-7-27(8-6-26)35(46)41-30-17-28(9-10-39-30)25-3-4-25)42-34(45(32)13-11-40-33)29-2-1-12-44(21-29)36(47)43-37-18-22-14-23(19-37)16-24(15-22)20-37/h5-11,13,17,22-25,29H,1-4,12,14-16,18-21H2,(H2,38,40)(H,43,47)(H,39,41,46). The topological polar surface area (TPSA) is 131 Å². The first-order valence-corrected chi connectivity index (χ1v) is 17.5. The van der Waals surface area contributed by atoms with Crippen molar-refractivity contribution >= 4 is 29.1 Å². The zero-order valence-electron chi connectivity index (χ0n) is 26.7. The van der Waals surface area contributed by atoms with Crippen molar-refractivity contribution < 1.29 is 9.59 Å². The van der Waals surface area contributed by atoms with Crippen LogP contribution in [0.2, 0.25) is 0 Å². The summed E-state index contributed by atoms with van der Waals surface area (Å²) in [5.74, 6) is 4.67. The van der Waals surface area contributed by atoms with Crippen molar-refractivity contribution in [2.24, 2.45) is 17.8 Å². The predicted octanol–water partition coefficient (Wildman–Crippen LogP) is 6.36. The van der Waals surface area contributed by atoms with Crippen molar-refractivity contribution in [1.82, 2.24) is 29.6 Å². The smallest absolute Gasteiger partial charge is 0.317 e. The van der Waals surface area contributed by atoms with Crippen LogP contribution in [0, 0.1) is 17.8 Å². The lowest BCUT2D eigenvalue weighted by molar-refractivity contribution is -0.0161. The van der Waals surface area contributed by atoms with Gasteiger partial charge < -0.3 is 21.3 Å². The van der Waals surface area contributed by atoms with Gasteiger partial charge in [0.25, 0.3) is 5.91 Å². The Kier molecular flexibility index (Phi) is 6.76. The highest BCUT2D eigenvalue weighted by Crippen LogP contribution is 2.55. The number of nitrogens with one attached hydrogen (secondary N) is 2. The predicted molar refractivity (Wildman–Crippen MR) is 180 cm³/mol. The maximum atomic E-state index is 13.8. The highest BCUT2D eigenvalue weighted by molar-refractivity contribution is 6.04. The number of amides is 3. The van der Waals surface area contributed by atoms with E-state index in [9.17, 15) is 9.59 Å². The number of nitrogens with two attached hydrogens (primary N) is 1. The quantitative estimate of drug-likeness (QED) is 0.227. The van der Waals surface area contributed by atoms with Gasteiger partial charge in [-0.05, 0) is 118 Å². The van der Waals surface area contributed by atoms with Crippen molar-refractivity contribution in [3.8, 4) is 11.3 Å². The Morgan fingerprint density at radius 3 is 2.36 bits per heavy atom. The molecule has 6 aliphatic rings. The van der Waals surface area contributed by atoms with E-state index < -0.39 is 0 Å². The van der Waals surface area contributed by atoms with Gasteiger partial charge in [0.2, 0.25) is 0 Å². The molecule has 10 rings (SSSR count). The van der Waals surface area contributed by atoms with E-state index in [1.165, 1.54) is 37.7 Å². The van der Waals surface area contributed by atoms with E-state index in [1.54, 1.807) is 12.4 Å². The number of carbonyl (C=O) groups excluding carboxylic acids is 2. The minimum Gasteiger partial charge on any atom is -0.382 e. The van der Waals surface area contributed by atoms with Crippen molar-refractivity contribution in [2.75, 3.05) is 24.1 Å². The van der Waals surface area contributed by atoms with Gasteiger partial charge in [-0.3, -0.25) is 9.20 Å². The van der Waals surface area contributed by atoms with Crippen molar-refractivity contribution in [2.45, 2.75) is 81.6 Å². The normalized spacial score (nSPS) is 28.0. The number of hydrogen-bond acceptors (Lipinski definition) is 6. The summed E-state index contributed by atoms with van der Waals surface area (Å²) in [7, 11) is 0. The number of nitrogens with zero attached hydrogens (tertiary/aromatic N) is 5.